The summed E-state index contributed by atoms with van der Waals surface area (Å²) in [6.07, 6.45) is 1.24. The van der Waals surface area contributed by atoms with E-state index < -0.39 is 5.56 Å². The van der Waals surface area contributed by atoms with E-state index >= 15 is 0 Å². The first-order valence-corrected chi connectivity index (χ1v) is 6.29. The molecule has 1 amide bonds. The molecule has 0 saturated carbocycles. The van der Waals surface area contributed by atoms with E-state index in [0.29, 0.717) is 5.92 Å². The summed E-state index contributed by atoms with van der Waals surface area (Å²) in [5.74, 6) is 0.0247. The second-order valence-corrected chi connectivity index (χ2v) is 5.15. The van der Waals surface area contributed by atoms with Gasteiger partial charge in [-0.15, -0.1) is 0 Å². The molecular formula is C11H15Cl2N3O2. The molecule has 0 aliphatic carbocycles. The third kappa shape index (κ3) is 3.71. The minimum Gasteiger partial charge on any atom is -0.352 e. The highest BCUT2D eigenvalue weighted by molar-refractivity contribution is 6.41. The quantitative estimate of drug-likeness (QED) is 0.919. The number of nitrogens with one attached hydrogen (secondary N) is 1. The highest BCUT2D eigenvalue weighted by Crippen LogP contribution is 2.14. The Hall–Kier alpha value is -1.07. The Labute approximate surface area is 115 Å². The molecule has 0 bridgehead atoms. The molecule has 0 spiro atoms. The number of hydrogen-bond donors (Lipinski definition) is 1. The Morgan fingerprint density at radius 1 is 1.44 bits per heavy atom. The molecule has 0 aliphatic heterocycles. The molecule has 1 unspecified atom stereocenters. The molecule has 0 aliphatic rings. The van der Waals surface area contributed by atoms with Gasteiger partial charge in [0, 0.05) is 6.04 Å². The Morgan fingerprint density at radius 2 is 2.06 bits per heavy atom. The van der Waals surface area contributed by atoms with E-state index in [-0.39, 0.29) is 28.5 Å². The van der Waals surface area contributed by atoms with Crippen LogP contribution in [0.3, 0.4) is 0 Å². The highest BCUT2D eigenvalue weighted by atomic mass is 35.5. The molecule has 18 heavy (non-hydrogen) atoms. The molecule has 0 fully saturated rings. The fourth-order valence-corrected chi connectivity index (χ4v) is 1.43. The van der Waals surface area contributed by atoms with Crippen molar-refractivity contribution >= 4 is 29.1 Å². The highest BCUT2D eigenvalue weighted by Gasteiger charge is 2.14. The van der Waals surface area contributed by atoms with E-state index in [0.717, 1.165) is 4.68 Å². The van der Waals surface area contributed by atoms with Crippen LogP contribution in [0.15, 0.2) is 11.0 Å². The summed E-state index contributed by atoms with van der Waals surface area (Å²) in [6.45, 7) is 5.71. The zero-order valence-corrected chi connectivity index (χ0v) is 11.9. The number of halogens is 2. The first-order chi connectivity index (χ1) is 8.32. The summed E-state index contributed by atoms with van der Waals surface area (Å²) < 4.78 is 0.983. The van der Waals surface area contributed by atoms with Gasteiger partial charge in [0.05, 0.1) is 11.2 Å². The fourth-order valence-electron chi connectivity index (χ4n) is 1.16. The zero-order chi connectivity index (χ0) is 13.9. The van der Waals surface area contributed by atoms with Gasteiger partial charge in [0.2, 0.25) is 5.91 Å². The summed E-state index contributed by atoms with van der Waals surface area (Å²) in [7, 11) is 0. The Kier molecular flexibility index (Phi) is 5.16. The number of amides is 1. The van der Waals surface area contributed by atoms with Gasteiger partial charge in [0.1, 0.15) is 11.6 Å². The molecule has 0 radical (unpaired) electrons. The lowest BCUT2D eigenvalue weighted by Crippen LogP contribution is -2.40. The van der Waals surface area contributed by atoms with Crippen LogP contribution in [0.25, 0.3) is 0 Å². The van der Waals surface area contributed by atoms with Crippen LogP contribution in [-0.2, 0) is 11.3 Å². The number of hydrogen-bond acceptors (Lipinski definition) is 3. The summed E-state index contributed by atoms with van der Waals surface area (Å²) in [5, 5.41) is 6.48. The zero-order valence-electron chi connectivity index (χ0n) is 10.4. The normalized spacial score (nSPS) is 12.6. The van der Waals surface area contributed by atoms with Crippen molar-refractivity contribution in [2.24, 2.45) is 5.92 Å². The SMILES string of the molecule is CC(C)C(C)NC(=O)Cn1ncc(Cl)c(Cl)c1=O. The van der Waals surface area contributed by atoms with Crippen molar-refractivity contribution in [3.8, 4) is 0 Å². The molecule has 0 aromatic carbocycles. The van der Waals surface area contributed by atoms with Gasteiger partial charge in [-0.2, -0.15) is 5.10 Å². The molecule has 1 aromatic rings. The van der Waals surface area contributed by atoms with Crippen molar-refractivity contribution < 1.29 is 4.79 Å². The molecule has 0 saturated heterocycles. The largest absolute Gasteiger partial charge is 0.352 e. The first kappa shape index (κ1) is 15.0. The van der Waals surface area contributed by atoms with Gasteiger partial charge in [-0.3, -0.25) is 9.59 Å². The topological polar surface area (TPSA) is 64.0 Å². The number of rotatable bonds is 4. The lowest BCUT2D eigenvalue weighted by Gasteiger charge is -2.17. The third-order valence-corrected chi connectivity index (χ3v) is 3.37. The van der Waals surface area contributed by atoms with Crippen LogP contribution in [0.2, 0.25) is 10.0 Å². The van der Waals surface area contributed by atoms with Crippen LogP contribution in [0.5, 0.6) is 0 Å². The van der Waals surface area contributed by atoms with E-state index in [1.54, 1.807) is 0 Å². The van der Waals surface area contributed by atoms with E-state index in [9.17, 15) is 9.59 Å². The molecule has 5 nitrogen and oxygen atoms in total. The van der Waals surface area contributed by atoms with Crippen LogP contribution >= 0.6 is 23.2 Å². The summed E-state index contributed by atoms with van der Waals surface area (Å²) in [6, 6.07) is 0.0241. The molecule has 100 valence electrons. The molecule has 1 atom stereocenters. The Morgan fingerprint density at radius 3 is 2.61 bits per heavy atom. The summed E-state index contributed by atoms with van der Waals surface area (Å²) in [4.78, 5) is 23.3. The van der Waals surface area contributed by atoms with Gasteiger partial charge in [-0.1, -0.05) is 37.0 Å². The van der Waals surface area contributed by atoms with Crippen molar-refractivity contribution in [2.75, 3.05) is 0 Å². The smallest absolute Gasteiger partial charge is 0.287 e. The van der Waals surface area contributed by atoms with Crippen LogP contribution in [0, 0.1) is 5.92 Å². The molecule has 1 heterocycles. The van der Waals surface area contributed by atoms with Gasteiger partial charge in [-0.25, -0.2) is 4.68 Å². The van der Waals surface area contributed by atoms with Crippen LogP contribution in [0.1, 0.15) is 20.8 Å². The van der Waals surface area contributed by atoms with E-state index in [1.165, 1.54) is 6.20 Å². The monoisotopic (exact) mass is 291 g/mol. The van der Waals surface area contributed by atoms with Crippen LogP contribution < -0.4 is 10.9 Å². The predicted octanol–water partition coefficient (Wildman–Crippen LogP) is 1.71. The van der Waals surface area contributed by atoms with Crippen molar-refractivity contribution in [1.29, 1.82) is 0 Å². The van der Waals surface area contributed by atoms with Crippen LogP contribution in [-0.4, -0.2) is 21.7 Å². The molecule has 1 rings (SSSR count). The molecule has 7 heteroatoms. The second-order valence-electron chi connectivity index (χ2n) is 4.37. The molecular weight excluding hydrogens is 277 g/mol. The Balaban J connectivity index is 2.77. The van der Waals surface area contributed by atoms with Gasteiger partial charge in [0.25, 0.3) is 5.56 Å². The third-order valence-electron chi connectivity index (χ3n) is 2.62. The average molecular weight is 292 g/mol. The van der Waals surface area contributed by atoms with Gasteiger partial charge in [0.15, 0.2) is 0 Å². The van der Waals surface area contributed by atoms with Gasteiger partial charge >= 0.3 is 0 Å². The average Bonchev–Trinajstić information content (AvgIpc) is 2.29. The number of carbonyl (C=O) groups is 1. The number of carbonyl (C=O) groups excluding carboxylic acids is 1. The number of nitrogens with zero attached hydrogens (tertiary/aromatic N) is 2. The maximum atomic E-state index is 11.7. The fraction of sp³-hybridized carbons (Fsp3) is 0.545. The maximum absolute atomic E-state index is 11.7. The van der Waals surface area contributed by atoms with Crippen molar-refractivity contribution in [1.82, 2.24) is 15.1 Å². The molecule has 1 N–H and O–H groups in total. The van der Waals surface area contributed by atoms with E-state index in [2.05, 4.69) is 10.4 Å². The van der Waals surface area contributed by atoms with E-state index in [1.807, 2.05) is 20.8 Å². The van der Waals surface area contributed by atoms with Crippen molar-refractivity contribution in [3.63, 3.8) is 0 Å². The maximum Gasteiger partial charge on any atom is 0.287 e. The number of aromatic nitrogens is 2. The van der Waals surface area contributed by atoms with Crippen LogP contribution in [0.4, 0.5) is 0 Å². The summed E-state index contributed by atoms with van der Waals surface area (Å²) >= 11 is 11.3. The van der Waals surface area contributed by atoms with E-state index in [4.69, 9.17) is 23.2 Å². The minimum absolute atomic E-state index is 0.0241. The van der Waals surface area contributed by atoms with Gasteiger partial charge in [-0.05, 0) is 12.8 Å². The standard InChI is InChI=1S/C11H15Cl2N3O2/c1-6(2)7(3)15-9(17)5-16-11(18)10(13)8(12)4-14-16/h4,6-7H,5H2,1-3H3,(H,15,17). The first-order valence-electron chi connectivity index (χ1n) is 5.53. The predicted molar refractivity (Wildman–Crippen MR) is 71.0 cm³/mol. The van der Waals surface area contributed by atoms with Crippen molar-refractivity contribution in [3.05, 3.63) is 26.6 Å². The minimum atomic E-state index is -0.573. The lowest BCUT2D eigenvalue weighted by molar-refractivity contribution is -0.122. The second kappa shape index (κ2) is 6.20. The lowest BCUT2D eigenvalue weighted by atomic mass is 10.1. The van der Waals surface area contributed by atoms with Crippen molar-refractivity contribution in [2.45, 2.75) is 33.4 Å². The molecule has 1 aromatic heterocycles. The summed E-state index contributed by atoms with van der Waals surface area (Å²) in [5.41, 5.74) is -0.573. The van der Waals surface area contributed by atoms with Gasteiger partial charge < -0.3 is 5.32 Å². The Bertz CT molecular complexity index is 500.